The standard InChI is InChI=1S/C25H29F3N6O5/c1-3-4-12-32-19-20(34(39-22(36)25(26,27)28)23(32)31-13-10-29-11-14-31)30(2)24(37)33(21(19)35)15-16-38-17-18-8-6-5-7-9-18/h5-9,23,29H,10-17H2,1-2H3. The number of carbonyl (C=O) groups is 1. The first kappa shape index (κ1) is 28.2. The molecule has 210 valence electrons. The van der Waals surface area contributed by atoms with Gasteiger partial charge in [0.2, 0.25) is 0 Å². The molecule has 3 heterocycles. The molecule has 11 nitrogen and oxygen atoms in total. The molecule has 1 unspecified atom stereocenters. The van der Waals surface area contributed by atoms with Crippen molar-refractivity contribution in [2.75, 3.05) is 49.3 Å². The highest BCUT2D eigenvalue weighted by atomic mass is 19.4. The maximum absolute atomic E-state index is 13.7. The lowest BCUT2D eigenvalue weighted by molar-refractivity contribution is -0.203. The molecule has 1 N–H and O–H groups in total. The van der Waals surface area contributed by atoms with Crippen LogP contribution in [0.1, 0.15) is 12.5 Å². The Morgan fingerprint density at radius 3 is 2.49 bits per heavy atom. The first-order valence-corrected chi connectivity index (χ1v) is 12.3. The number of anilines is 2. The lowest BCUT2D eigenvalue weighted by Gasteiger charge is -2.40. The summed E-state index contributed by atoms with van der Waals surface area (Å²) in [7, 11) is 1.31. The molecular formula is C25H29F3N6O5. The number of piperazine rings is 1. The van der Waals surface area contributed by atoms with E-state index in [9.17, 15) is 27.6 Å². The first-order chi connectivity index (χ1) is 18.6. The van der Waals surface area contributed by atoms with Crippen molar-refractivity contribution in [2.45, 2.75) is 32.5 Å². The number of benzene rings is 1. The predicted molar refractivity (Wildman–Crippen MR) is 136 cm³/mol. The molecule has 1 saturated heterocycles. The van der Waals surface area contributed by atoms with Crippen molar-refractivity contribution >= 4 is 17.5 Å². The molecule has 0 spiro atoms. The number of nitrogens with one attached hydrogen (secondary N) is 1. The van der Waals surface area contributed by atoms with Crippen LogP contribution in [0.4, 0.5) is 24.7 Å². The molecule has 0 bridgehead atoms. The molecule has 0 amide bonds. The van der Waals surface area contributed by atoms with Gasteiger partial charge in [0.05, 0.1) is 26.3 Å². The van der Waals surface area contributed by atoms with Crippen molar-refractivity contribution in [1.29, 1.82) is 0 Å². The quantitative estimate of drug-likeness (QED) is 0.375. The van der Waals surface area contributed by atoms with Crippen molar-refractivity contribution < 1.29 is 27.5 Å². The smallest absolute Gasteiger partial charge is 0.375 e. The summed E-state index contributed by atoms with van der Waals surface area (Å²) in [5.74, 6) is 2.83. The fraction of sp³-hybridized carbons (Fsp3) is 0.480. The van der Waals surface area contributed by atoms with Gasteiger partial charge in [0, 0.05) is 33.2 Å². The summed E-state index contributed by atoms with van der Waals surface area (Å²) in [6.07, 6.45) is -6.42. The second-order valence-electron chi connectivity index (χ2n) is 8.90. The zero-order valence-electron chi connectivity index (χ0n) is 21.5. The van der Waals surface area contributed by atoms with E-state index in [0.29, 0.717) is 31.2 Å². The molecule has 2 aliphatic heterocycles. The average molecular weight is 551 g/mol. The van der Waals surface area contributed by atoms with E-state index in [4.69, 9.17) is 9.57 Å². The Kier molecular flexibility index (Phi) is 8.63. The third-order valence-electron chi connectivity index (χ3n) is 6.37. The lowest BCUT2D eigenvalue weighted by Crippen LogP contribution is -2.61. The van der Waals surface area contributed by atoms with Crippen LogP contribution in [0.3, 0.4) is 0 Å². The Bertz CT molecular complexity index is 1360. The normalized spacial score (nSPS) is 17.5. The minimum absolute atomic E-state index is 0.0333. The summed E-state index contributed by atoms with van der Waals surface area (Å²) in [5, 5.41) is 3.85. The summed E-state index contributed by atoms with van der Waals surface area (Å²) in [6.45, 7) is 3.52. The van der Waals surface area contributed by atoms with Crippen molar-refractivity contribution in [2.24, 2.45) is 7.05 Å². The average Bonchev–Trinajstić information content (AvgIpc) is 3.24. The van der Waals surface area contributed by atoms with Crippen LogP contribution >= 0.6 is 0 Å². The van der Waals surface area contributed by atoms with Crippen molar-refractivity contribution in [3.05, 3.63) is 56.7 Å². The first-order valence-electron chi connectivity index (χ1n) is 12.3. The van der Waals surface area contributed by atoms with Gasteiger partial charge in [0.25, 0.3) is 5.56 Å². The summed E-state index contributed by atoms with van der Waals surface area (Å²) in [6, 6.07) is 9.34. The monoisotopic (exact) mass is 550 g/mol. The van der Waals surface area contributed by atoms with Gasteiger partial charge in [0.1, 0.15) is 0 Å². The number of hydroxylamine groups is 1. The second-order valence-corrected chi connectivity index (χ2v) is 8.90. The Labute approximate surface area is 222 Å². The fourth-order valence-electron chi connectivity index (χ4n) is 4.53. The summed E-state index contributed by atoms with van der Waals surface area (Å²) in [5.41, 5.74) is -0.726. The molecule has 1 aromatic carbocycles. The number of alkyl halides is 3. The van der Waals surface area contributed by atoms with Crippen molar-refractivity contribution in [1.82, 2.24) is 19.4 Å². The van der Waals surface area contributed by atoms with Crippen LogP contribution in [-0.4, -0.2) is 71.8 Å². The number of nitrogens with zero attached hydrogens (tertiary/aromatic N) is 5. The number of hydrogen-bond donors (Lipinski definition) is 1. The van der Waals surface area contributed by atoms with Gasteiger partial charge in [-0.15, -0.1) is 11.0 Å². The Balaban J connectivity index is 1.74. The molecule has 4 rings (SSSR count). The Morgan fingerprint density at radius 2 is 1.85 bits per heavy atom. The molecule has 2 aliphatic rings. The molecule has 1 atom stereocenters. The third kappa shape index (κ3) is 5.95. The van der Waals surface area contributed by atoms with E-state index in [1.54, 1.807) is 11.8 Å². The maximum atomic E-state index is 13.7. The SMILES string of the molecule is CC#CCN1c2c(n(C)c(=O)n(CCOCc3ccccc3)c2=O)N(OC(=O)C(F)(F)F)C1N1CCNCC1. The molecule has 0 radical (unpaired) electrons. The minimum Gasteiger partial charge on any atom is -0.375 e. The van der Waals surface area contributed by atoms with Gasteiger partial charge in [-0.05, 0) is 12.5 Å². The fourth-order valence-corrected chi connectivity index (χ4v) is 4.53. The number of aromatic nitrogens is 2. The highest BCUT2D eigenvalue weighted by Gasteiger charge is 2.50. The van der Waals surface area contributed by atoms with Crippen LogP contribution in [-0.2, 0) is 34.6 Å². The minimum atomic E-state index is -5.30. The molecular weight excluding hydrogens is 521 g/mol. The zero-order valence-corrected chi connectivity index (χ0v) is 21.5. The van der Waals surface area contributed by atoms with Gasteiger partial charge in [0.15, 0.2) is 17.8 Å². The van der Waals surface area contributed by atoms with E-state index < -0.39 is 29.7 Å². The van der Waals surface area contributed by atoms with Crippen LogP contribution < -0.4 is 26.5 Å². The van der Waals surface area contributed by atoms with Crippen molar-refractivity contribution in [3.63, 3.8) is 0 Å². The Hall–Kier alpha value is -3.80. The van der Waals surface area contributed by atoms with Crippen LogP contribution in [0.2, 0.25) is 0 Å². The van der Waals surface area contributed by atoms with E-state index in [0.717, 1.165) is 14.7 Å². The van der Waals surface area contributed by atoms with Gasteiger partial charge < -0.3 is 19.8 Å². The molecule has 0 saturated carbocycles. The molecule has 2 aromatic rings. The molecule has 14 heteroatoms. The third-order valence-corrected chi connectivity index (χ3v) is 6.37. The van der Waals surface area contributed by atoms with E-state index >= 15 is 0 Å². The number of rotatable bonds is 8. The summed E-state index contributed by atoms with van der Waals surface area (Å²) < 4.78 is 47.4. The van der Waals surface area contributed by atoms with Crippen LogP contribution in [0.5, 0.6) is 0 Å². The Morgan fingerprint density at radius 1 is 1.15 bits per heavy atom. The predicted octanol–water partition coefficient (Wildman–Crippen LogP) is 0.623. The molecule has 0 aliphatic carbocycles. The van der Waals surface area contributed by atoms with E-state index in [1.165, 1.54) is 11.9 Å². The van der Waals surface area contributed by atoms with E-state index in [2.05, 4.69) is 17.2 Å². The number of ether oxygens (including phenoxy) is 1. The number of fused-ring (bicyclic) bond motifs is 1. The largest absolute Gasteiger partial charge is 0.493 e. The van der Waals surface area contributed by atoms with Gasteiger partial charge in [-0.1, -0.05) is 36.3 Å². The second kappa shape index (κ2) is 11.9. The lowest BCUT2D eigenvalue weighted by atomic mass is 10.2. The number of hydrogen-bond acceptors (Lipinski definition) is 9. The van der Waals surface area contributed by atoms with E-state index in [1.807, 2.05) is 30.3 Å². The summed E-state index contributed by atoms with van der Waals surface area (Å²) >= 11 is 0. The molecule has 1 aromatic heterocycles. The highest BCUT2D eigenvalue weighted by Crippen LogP contribution is 2.38. The van der Waals surface area contributed by atoms with Gasteiger partial charge in [-0.3, -0.25) is 18.8 Å². The van der Waals surface area contributed by atoms with Crippen LogP contribution in [0, 0.1) is 11.8 Å². The van der Waals surface area contributed by atoms with Gasteiger partial charge >= 0.3 is 17.8 Å². The highest BCUT2D eigenvalue weighted by molar-refractivity contribution is 5.80. The molecule has 39 heavy (non-hydrogen) atoms. The number of carbonyl (C=O) groups excluding carboxylic acids is 1. The molecule has 1 fully saturated rings. The van der Waals surface area contributed by atoms with Gasteiger partial charge in [-0.25, -0.2) is 9.59 Å². The van der Waals surface area contributed by atoms with Crippen molar-refractivity contribution in [3.8, 4) is 11.8 Å². The van der Waals surface area contributed by atoms with Crippen LogP contribution in [0.25, 0.3) is 0 Å². The maximum Gasteiger partial charge on any atom is 0.493 e. The van der Waals surface area contributed by atoms with E-state index in [-0.39, 0.29) is 37.8 Å². The zero-order chi connectivity index (χ0) is 28.2. The topological polar surface area (TPSA) is 101 Å². The van der Waals surface area contributed by atoms with Gasteiger partial charge in [-0.2, -0.15) is 13.2 Å². The van der Waals surface area contributed by atoms with Crippen LogP contribution in [0.15, 0.2) is 39.9 Å². The summed E-state index contributed by atoms with van der Waals surface area (Å²) in [4.78, 5) is 47.0. The number of halogens is 3.